The molecule has 6 heterocycles. The van der Waals surface area contributed by atoms with Crippen LogP contribution in [-0.2, 0) is 28.3 Å². The van der Waals surface area contributed by atoms with E-state index >= 15 is 0 Å². The van der Waals surface area contributed by atoms with Crippen LogP contribution in [0, 0.1) is 0 Å². The Morgan fingerprint density at radius 3 is 2.74 bits per heavy atom. The number of carbonyl (C=O) groups excluding carboxylic acids is 1. The SMILES string of the molecule is CN1CC[C@@](O)(c2cc(-c3cccc(-c4ccnc(Nc5cnc6n5CCOC6)n4)n3)no2)C1=O. The van der Waals surface area contributed by atoms with E-state index in [9.17, 15) is 9.90 Å². The summed E-state index contributed by atoms with van der Waals surface area (Å²) in [5, 5.41) is 18.1. The molecule has 0 aromatic carbocycles. The molecule has 2 N–H and O–H groups in total. The number of likely N-dealkylation sites (N-methyl/N-ethyl adjacent to an activating group) is 1. The topological polar surface area (TPSA) is 144 Å². The number of pyridine rings is 1. The highest BCUT2D eigenvalue weighted by Gasteiger charge is 2.48. The zero-order valence-corrected chi connectivity index (χ0v) is 18.9. The van der Waals surface area contributed by atoms with E-state index in [1.54, 1.807) is 37.6 Å². The molecular formula is C23H22N8O4. The van der Waals surface area contributed by atoms with Crippen molar-refractivity contribution in [3.05, 3.63) is 54.3 Å². The number of aromatic nitrogens is 6. The summed E-state index contributed by atoms with van der Waals surface area (Å²) < 4.78 is 12.8. The molecule has 178 valence electrons. The maximum Gasteiger partial charge on any atom is 0.262 e. The molecule has 1 amide bonds. The Labute approximate surface area is 199 Å². The van der Waals surface area contributed by atoms with Crippen LogP contribution in [0.3, 0.4) is 0 Å². The van der Waals surface area contributed by atoms with E-state index in [2.05, 4.69) is 30.4 Å². The number of likely N-dealkylation sites (tertiary alicyclic amines) is 1. The first-order valence-corrected chi connectivity index (χ1v) is 11.2. The number of nitrogens with one attached hydrogen (secondary N) is 1. The molecule has 35 heavy (non-hydrogen) atoms. The van der Waals surface area contributed by atoms with Crippen LogP contribution in [0.1, 0.15) is 18.0 Å². The average molecular weight is 474 g/mol. The van der Waals surface area contributed by atoms with Gasteiger partial charge < -0.3 is 29.2 Å². The molecule has 0 aliphatic carbocycles. The number of carbonyl (C=O) groups is 1. The number of fused-ring (bicyclic) bond motifs is 1. The van der Waals surface area contributed by atoms with Gasteiger partial charge in [0.25, 0.3) is 5.91 Å². The number of aliphatic hydroxyl groups is 1. The highest BCUT2D eigenvalue weighted by molar-refractivity contribution is 5.87. The average Bonchev–Trinajstić information content (AvgIpc) is 3.61. The van der Waals surface area contributed by atoms with Crippen LogP contribution in [0.25, 0.3) is 22.8 Å². The van der Waals surface area contributed by atoms with Crippen molar-refractivity contribution in [2.24, 2.45) is 0 Å². The number of anilines is 2. The largest absolute Gasteiger partial charge is 0.373 e. The van der Waals surface area contributed by atoms with Crippen molar-refractivity contribution in [3.8, 4) is 22.8 Å². The number of hydrogen-bond donors (Lipinski definition) is 2. The molecule has 0 spiro atoms. The Morgan fingerprint density at radius 2 is 1.91 bits per heavy atom. The smallest absolute Gasteiger partial charge is 0.262 e. The zero-order valence-electron chi connectivity index (χ0n) is 18.9. The molecule has 1 saturated heterocycles. The van der Waals surface area contributed by atoms with Gasteiger partial charge in [-0.25, -0.2) is 19.9 Å². The number of nitrogens with zero attached hydrogens (tertiary/aromatic N) is 7. The summed E-state index contributed by atoms with van der Waals surface area (Å²) in [6.07, 6.45) is 3.64. The summed E-state index contributed by atoms with van der Waals surface area (Å²) in [6, 6.07) is 8.76. The molecule has 12 nitrogen and oxygen atoms in total. The minimum Gasteiger partial charge on any atom is -0.373 e. The lowest BCUT2D eigenvalue weighted by molar-refractivity contribution is -0.144. The summed E-state index contributed by atoms with van der Waals surface area (Å²) in [5.74, 6) is 1.76. The monoisotopic (exact) mass is 474 g/mol. The maximum absolute atomic E-state index is 12.4. The fraction of sp³-hybridized carbons (Fsp3) is 0.304. The van der Waals surface area contributed by atoms with Crippen molar-refractivity contribution in [1.82, 2.24) is 34.6 Å². The van der Waals surface area contributed by atoms with E-state index < -0.39 is 11.5 Å². The van der Waals surface area contributed by atoms with E-state index in [-0.39, 0.29) is 12.2 Å². The first-order chi connectivity index (χ1) is 17.0. The van der Waals surface area contributed by atoms with Crippen LogP contribution in [0.4, 0.5) is 11.8 Å². The third-order valence-corrected chi connectivity index (χ3v) is 6.23. The van der Waals surface area contributed by atoms with Gasteiger partial charge in [-0.05, 0) is 18.2 Å². The molecule has 1 atom stereocenters. The van der Waals surface area contributed by atoms with Gasteiger partial charge in [-0.3, -0.25) is 4.79 Å². The summed E-state index contributed by atoms with van der Waals surface area (Å²) in [4.78, 5) is 31.8. The second-order valence-corrected chi connectivity index (χ2v) is 8.48. The number of hydrogen-bond acceptors (Lipinski definition) is 10. The second-order valence-electron chi connectivity index (χ2n) is 8.48. The molecule has 4 aromatic heterocycles. The lowest BCUT2D eigenvalue weighted by Gasteiger charge is -2.17. The summed E-state index contributed by atoms with van der Waals surface area (Å²) in [6.45, 7) is 2.25. The maximum atomic E-state index is 12.4. The normalized spacial score (nSPS) is 19.7. The summed E-state index contributed by atoms with van der Waals surface area (Å²) in [7, 11) is 1.64. The molecule has 4 aromatic rings. The van der Waals surface area contributed by atoms with Crippen LogP contribution in [0.2, 0.25) is 0 Å². The van der Waals surface area contributed by atoms with Gasteiger partial charge in [0.1, 0.15) is 23.9 Å². The lowest BCUT2D eigenvalue weighted by atomic mass is 9.98. The van der Waals surface area contributed by atoms with E-state index in [1.807, 2.05) is 16.7 Å². The van der Waals surface area contributed by atoms with Gasteiger partial charge in [0.15, 0.2) is 5.76 Å². The van der Waals surface area contributed by atoms with Crippen LogP contribution >= 0.6 is 0 Å². The molecule has 0 bridgehead atoms. The van der Waals surface area contributed by atoms with Crippen LogP contribution in [-0.4, -0.2) is 65.8 Å². The predicted octanol–water partition coefficient (Wildman–Crippen LogP) is 1.71. The standard InChI is InChI=1S/C23H22N8O4/c1-30-8-6-23(33,21(30)32)18-11-17(29-35-18)15-4-2-3-14(26-15)16-5-7-24-22(27-16)28-19-12-25-20-13-34-10-9-31(19)20/h2-5,7,11-12,33H,6,8-10,13H2,1H3,(H,24,27,28)/t23-/m1/s1. The summed E-state index contributed by atoms with van der Waals surface area (Å²) >= 11 is 0. The molecule has 1 fully saturated rings. The Balaban J connectivity index is 1.26. The van der Waals surface area contributed by atoms with E-state index in [1.165, 1.54) is 4.90 Å². The Hall–Kier alpha value is -4.16. The van der Waals surface area contributed by atoms with Gasteiger partial charge in [0.05, 0.1) is 29.9 Å². The fourth-order valence-corrected chi connectivity index (χ4v) is 4.27. The number of rotatable bonds is 5. The molecule has 0 radical (unpaired) electrons. The Kier molecular flexibility index (Phi) is 5.04. The van der Waals surface area contributed by atoms with Gasteiger partial charge in [0.2, 0.25) is 11.5 Å². The van der Waals surface area contributed by atoms with Gasteiger partial charge in [-0.15, -0.1) is 0 Å². The van der Waals surface area contributed by atoms with Crippen molar-refractivity contribution in [2.75, 3.05) is 25.5 Å². The first kappa shape index (κ1) is 21.4. The summed E-state index contributed by atoms with van der Waals surface area (Å²) in [5.41, 5.74) is 0.456. The molecular weight excluding hydrogens is 452 g/mol. The molecule has 0 unspecified atom stereocenters. The third-order valence-electron chi connectivity index (χ3n) is 6.23. The van der Waals surface area contributed by atoms with Crippen molar-refractivity contribution >= 4 is 17.7 Å². The molecule has 2 aliphatic heterocycles. The van der Waals surface area contributed by atoms with E-state index in [0.29, 0.717) is 55.0 Å². The van der Waals surface area contributed by atoms with E-state index in [0.717, 1.165) is 11.6 Å². The number of imidazole rings is 1. The minimum atomic E-state index is -1.70. The van der Waals surface area contributed by atoms with Gasteiger partial charge in [-0.2, -0.15) is 0 Å². The molecule has 12 heteroatoms. The van der Waals surface area contributed by atoms with Crippen LogP contribution < -0.4 is 5.32 Å². The van der Waals surface area contributed by atoms with Crippen molar-refractivity contribution in [2.45, 2.75) is 25.2 Å². The lowest BCUT2D eigenvalue weighted by Crippen LogP contribution is -2.35. The fourth-order valence-electron chi connectivity index (χ4n) is 4.27. The van der Waals surface area contributed by atoms with Crippen molar-refractivity contribution in [3.63, 3.8) is 0 Å². The second kappa shape index (κ2) is 8.25. The predicted molar refractivity (Wildman–Crippen MR) is 122 cm³/mol. The first-order valence-electron chi connectivity index (χ1n) is 11.2. The van der Waals surface area contributed by atoms with Crippen LogP contribution in [0.15, 0.2) is 47.2 Å². The highest BCUT2D eigenvalue weighted by Crippen LogP contribution is 2.34. The zero-order chi connectivity index (χ0) is 24.0. The van der Waals surface area contributed by atoms with Crippen molar-refractivity contribution in [1.29, 1.82) is 0 Å². The minimum absolute atomic E-state index is 0.108. The quantitative estimate of drug-likeness (QED) is 0.438. The molecule has 2 aliphatic rings. The Bertz CT molecular complexity index is 1420. The third kappa shape index (κ3) is 3.72. The van der Waals surface area contributed by atoms with Gasteiger partial charge >= 0.3 is 0 Å². The highest BCUT2D eigenvalue weighted by atomic mass is 16.5. The van der Waals surface area contributed by atoms with E-state index in [4.69, 9.17) is 9.26 Å². The number of amides is 1. The van der Waals surface area contributed by atoms with Crippen LogP contribution in [0.5, 0.6) is 0 Å². The number of ether oxygens (including phenoxy) is 1. The van der Waals surface area contributed by atoms with Gasteiger partial charge in [0, 0.05) is 38.8 Å². The molecule has 0 saturated carbocycles. The molecule has 6 rings (SSSR count). The van der Waals surface area contributed by atoms with Crippen molar-refractivity contribution < 1.29 is 19.2 Å². The Morgan fingerprint density at radius 1 is 1.09 bits per heavy atom. The van der Waals surface area contributed by atoms with Gasteiger partial charge in [-0.1, -0.05) is 11.2 Å².